The second-order valence-corrected chi connectivity index (χ2v) is 5.77. The van der Waals surface area contributed by atoms with Crippen LogP contribution in [0, 0.1) is 0 Å². The first-order valence-corrected chi connectivity index (χ1v) is 7.92. The van der Waals surface area contributed by atoms with Crippen molar-refractivity contribution in [3.05, 3.63) is 24.0 Å². The van der Waals surface area contributed by atoms with Crippen LogP contribution in [0.3, 0.4) is 0 Å². The number of rotatable bonds is 7. The minimum absolute atomic E-state index is 0.0210. The van der Waals surface area contributed by atoms with Gasteiger partial charge in [-0.05, 0) is 19.3 Å². The van der Waals surface area contributed by atoms with Crippen molar-refractivity contribution in [1.82, 2.24) is 4.90 Å². The van der Waals surface area contributed by atoms with Gasteiger partial charge >= 0.3 is 11.9 Å². The second kappa shape index (κ2) is 8.63. The zero-order valence-corrected chi connectivity index (χ0v) is 13.9. The highest BCUT2D eigenvalue weighted by Gasteiger charge is 2.30. The molecule has 3 unspecified atom stereocenters. The monoisotopic (exact) mass is 354 g/mol. The van der Waals surface area contributed by atoms with Crippen LogP contribution in [0.25, 0.3) is 0 Å². The van der Waals surface area contributed by atoms with E-state index in [-0.39, 0.29) is 18.9 Å². The number of nitrogens with zero attached hydrogens (tertiary/aromatic N) is 1. The first-order valence-electron chi connectivity index (χ1n) is 7.92. The van der Waals surface area contributed by atoms with Crippen molar-refractivity contribution in [2.45, 2.75) is 44.1 Å². The molecule has 0 saturated carbocycles. The molecule has 3 N–H and O–H groups in total. The molecule has 0 bridgehead atoms. The molecule has 138 valence electrons. The van der Waals surface area contributed by atoms with Crippen molar-refractivity contribution in [2.24, 2.45) is 5.73 Å². The van der Waals surface area contributed by atoms with Crippen LogP contribution in [-0.2, 0) is 28.6 Å². The van der Waals surface area contributed by atoms with Gasteiger partial charge in [0.05, 0.1) is 19.6 Å². The molecule has 2 aliphatic heterocycles. The predicted molar refractivity (Wildman–Crippen MR) is 84.4 cm³/mol. The zero-order chi connectivity index (χ0) is 18.4. The summed E-state index contributed by atoms with van der Waals surface area (Å²) in [5.74, 6) is -2.07. The van der Waals surface area contributed by atoms with Crippen LogP contribution in [0.5, 0.6) is 0 Å². The van der Waals surface area contributed by atoms with Crippen LogP contribution in [0.2, 0.25) is 0 Å². The summed E-state index contributed by atoms with van der Waals surface area (Å²) in [5.41, 5.74) is 5.79. The number of hydrogen-bond donors (Lipinski definition) is 2. The molecule has 0 radical (unpaired) electrons. The van der Waals surface area contributed by atoms with Crippen LogP contribution in [0.15, 0.2) is 24.0 Å². The molecular weight excluding hydrogens is 332 g/mol. The van der Waals surface area contributed by atoms with E-state index in [9.17, 15) is 19.5 Å². The number of carbonyl (C=O) groups excluding carboxylic acids is 3. The Morgan fingerprint density at radius 2 is 2.20 bits per heavy atom. The smallest absolute Gasteiger partial charge is 0.335 e. The van der Waals surface area contributed by atoms with E-state index in [1.165, 1.54) is 0 Å². The van der Waals surface area contributed by atoms with E-state index >= 15 is 0 Å². The average molecular weight is 354 g/mol. The summed E-state index contributed by atoms with van der Waals surface area (Å²) < 4.78 is 15.2. The van der Waals surface area contributed by atoms with Crippen molar-refractivity contribution in [1.29, 1.82) is 0 Å². The van der Waals surface area contributed by atoms with Crippen molar-refractivity contribution in [3.8, 4) is 0 Å². The Morgan fingerprint density at radius 3 is 2.88 bits per heavy atom. The van der Waals surface area contributed by atoms with Crippen molar-refractivity contribution < 1.29 is 33.7 Å². The Morgan fingerprint density at radius 1 is 1.44 bits per heavy atom. The number of ether oxygens (including phenoxy) is 3. The summed E-state index contributed by atoms with van der Waals surface area (Å²) in [7, 11) is 1.12. The summed E-state index contributed by atoms with van der Waals surface area (Å²) in [6, 6.07) is 0. The third kappa shape index (κ3) is 5.30. The molecule has 0 aromatic heterocycles. The molecule has 2 aliphatic rings. The lowest BCUT2D eigenvalue weighted by Gasteiger charge is -2.27. The number of aliphatic hydroxyl groups excluding tert-OH is 1. The highest BCUT2D eigenvalue weighted by Crippen LogP contribution is 2.26. The molecule has 3 atom stereocenters. The van der Waals surface area contributed by atoms with Gasteiger partial charge in [-0.2, -0.15) is 0 Å². The maximum atomic E-state index is 11.6. The largest absolute Gasteiger partial charge is 0.467 e. The van der Waals surface area contributed by atoms with Gasteiger partial charge in [0.1, 0.15) is 12.8 Å². The molecule has 2 rings (SSSR count). The quantitative estimate of drug-likeness (QED) is 0.588. The lowest BCUT2D eigenvalue weighted by molar-refractivity contribution is -0.160. The summed E-state index contributed by atoms with van der Waals surface area (Å²) >= 11 is 0. The van der Waals surface area contributed by atoms with E-state index < -0.39 is 30.4 Å². The highest BCUT2D eigenvalue weighted by atomic mass is 16.6. The Balaban J connectivity index is 1.77. The van der Waals surface area contributed by atoms with Crippen molar-refractivity contribution in [3.63, 3.8) is 0 Å². The number of allylic oxidation sites excluding steroid dienone is 1. The molecule has 25 heavy (non-hydrogen) atoms. The van der Waals surface area contributed by atoms with E-state index in [0.29, 0.717) is 24.8 Å². The van der Waals surface area contributed by atoms with E-state index in [4.69, 9.17) is 15.2 Å². The standard InChI is InChI=1S/C16H22N2O7/c1-23-16(22)12(19)7-14(20)24-9-11-4-5-13(25-11)18-6-2-3-10(8-18)15(17)21/h2,6,8,11-13,19H,3-5,7,9H2,1H3,(H2,17,21). The van der Waals surface area contributed by atoms with Crippen LogP contribution in [-0.4, -0.2) is 60.0 Å². The summed E-state index contributed by atoms with van der Waals surface area (Å²) in [5, 5.41) is 9.40. The third-order valence-electron chi connectivity index (χ3n) is 3.92. The topological polar surface area (TPSA) is 128 Å². The van der Waals surface area contributed by atoms with Gasteiger partial charge in [-0.15, -0.1) is 0 Å². The molecular formula is C16H22N2O7. The molecule has 1 fully saturated rings. The SMILES string of the molecule is COC(=O)C(O)CC(=O)OCC1CCC(N2C=CCC(C(N)=O)=C2)O1. The molecule has 1 saturated heterocycles. The fourth-order valence-corrected chi connectivity index (χ4v) is 2.57. The highest BCUT2D eigenvalue weighted by molar-refractivity contribution is 5.92. The van der Waals surface area contributed by atoms with Gasteiger partial charge in [-0.25, -0.2) is 4.79 Å². The first-order chi connectivity index (χ1) is 11.9. The molecule has 0 aromatic rings. The van der Waals surface area contributed by atoms with Crippen LogP contribution in [0.4, 0.5) is 0 Å². The van der Waals surface area contributed by atoms with Gasteiger partial charge in [0.2, 0.25) is 5.91 Å². The number of amides is 1. The van der Waals surface area contributed by atoms with Crippen LogP contribution < -0.4 is 5.73 Å². The van der Waals surface area contributed by atoms with Gasteiger partial charge in [0.25, 0.3) is 0 Å². The molecule has 0 aliphatic carbocycles. The fourth-order valence-electron chi connectivity index (χ4n) is 2.57. The molecule has 9 nitrogen and oxygen atoms in total. The molecule has 1 amide bonds. The lowest BCUT2D eigenvalue weighted by Crippen LogP contribution is -2.31. The van der Waals surface area contributed by atoms with Crippen LogP contribution >= 0.6 is 0 Å². The number of esters is 2. The summed E-state index contributed by atoms with van der Waals surface area (Å²) in [6.45, 7) is 0.0210. The Labute approximate surface area is 145 Å². The van der Waals surface area contributed by atoms with Gasteiger partial charge in [0, 0.05) is 18.0 Å². The second-order valence-electron chi connectivity index (χ2n) is 5.77. The summed E-state index contributed by atoms with van der Waals surface area (Å²) in [4.78, 5) is 35.7. The van der Waals surface area contributed by atoms with E-state index in [2.05, 4.69) is 4.74 Å². The third-order valence-corrected chi connectivity index (χ3v) is 3.92. The lowest BCUT2D eigenvalue weighted by atomic mass is 10.1. The van der Waals surface area contributed by atoms with Crippen molar-refractivity contribution >= 4 is 17.8 Å². The Hall–Kier alpha value is -2.39. The van der Waals surface area contributed by atoms with Gasteiger partial charge in [-0.3, -0.25) is 9.59 Å². The average Bonchev–Trinajstić information content (AvgIpc) is 3.08. The number of hydrogen-bond acceptors (Lipinski definition) is 8. The fraction of sp³-hybridized carbons (Fsp3) is 0.562. The number of carbonyl (C=O) groups is 3. The number of methoxy groups -OCH3 is 1. The molecule has 9 heteroatoms. The van der Waals surface area contributed by atoms with E-state index in [1.54, 1.807) is 11.1 Å². The minimum Gasteiger partial charge on any atom is -0.467 e. The van der Waals surface area contributed by atoms with Gasteiger partial charge in [-0.1, -0.05) is 6.08 Å². The minimum atomic E-state index is -1.54. The molecule has 0 aromatic carbocycles. The molecule has 2 heterocycles. The maximum Gasteiger partial charge on any atom is 0.335 e. The van der Waals surface area contributed by atoms with E-state index in [1.807, 2.05) is 12.3 Å². The van der Waals surface area contributed by atoms with Gasteiger partial charge in [0.15, 0.2) is 6.10 Å². The normalized spacial score (nSPS) is 23.8. The Bertz CT molecular complexity index is 587. The Kier molecular flexibility index (Phi) is 6.54. The van der Waals surface area contributed by atoms with Gasteiger partial charge < -0.3 is 30.0 Å². The number of nitrogens with two attached hydrogens (primary N) is 1. The zero-order valence-electron chi connectivity index (χ0n) is 13.9. The molecule has 0 spiro atoms. The van der Waals surface area contributed by atoms with Crippen molar-refractivity contribution in [2.75, 3.05) is 13.7 Å². The summed E-state index contributed by atoms with van der Waals surface area (Å²) in [6.07, 6.45) is 4.58. The van der Waals surface area contributed by atoms with Crippen LogP contribution in [0.1, 0.15) is 25.7 Å². The predicted octanol–water partition coefficient (Wildman–Crippen LogP) is -0.453. The number of primary amides is 1. The first kappa shape index (κ1) is 18.9. The van der Waals surface area contributed by atoms with E-state index in [0.717, 1.165) is 7.11 Å². The maximum absolute atomic E-state index is 11.6. The number of aliphatic hydroxyl groups is 1.